The molecule has 3 aliphatic rings. The van der Waals surface area contributed by atoms with Gasteiger partial charge in [0.1, 0.15) is 6.61 Å². The van der Waals surface area contributed by atoms with E-state index in [2.05, 4.69) is 39.7 Å². The Morgan fingerprint density at radius 1 is 1.12 bits per heavy atom. The molecule has 1 aromatic carbocycles. The zero-order valence-corrected chi connectivity index (χ0v) is 13.9. The second kappa shape index (κ2) is 7.09. The molecule has 1 amide bonds. The van der Waals surface area contributed by atoms with Crippen LogP contribution >= 0.6 is 0 Å². The Morgan fingerprint density at radius 3 is 3.04 bits per heavy atom. The zero-order valence-electron chi connectivity index (χ0n) is 13.9. The molecule has 2 fully saturated rings. The molecule has 1 saturated heterocycles. The number of carbonyl (C=O) groups is 1. The number of nitrogens with one attached hydrogen (secondary N) is 4. The Kier molecular flexibility index (Phi) is 4.69. The molecule has 130 valence electrons. The number of alkyl carbamates (subject to hydrolysis) is 1. The van der Waals surface area contributed by atoms with Crippen LogP contribution in [-0.4, -0.2) is 31.3 Å². The van der Waals surface area contributed by atoms with Crippen LogP contribution < -0.4 is 21.5 Å². The van der Waals surface area contributed by atoms with E-state index < -0.39 is 0 Å². The number of hydrogen-bond acceptors (Lipinski definition) is 5. The van der Waals surface area contributed by atoms with Crippen molar-refractivity contribution in [1.82, 2.24) is 21.5 Å². The van der Waals surface area contributed by atoms with Crippen molar-refractivity contribution in [2.45, 2.75) is 50.4 Å². The van der Waals surface area contributed by atoms with Gasteiger partial charge in [-0.25, -0.2) is 10.2 Å². The SMILES string of the molecule is O=C1NCCCNC2CCC3NNC(c4cccc(c4)CO1)C3C2. The van der Waals surface area contributed by atoms with Crippen molar-refractivity contribution in [2.24, 2.45) is 5.92 Å². The predicted molar refractivity (Wildman–Crippen MR) is 91.2 cm³/mol. The third kappa shape index (κ3) is 3.41. The highest BCUT2D eigenvalue weighted by molar-refractivity contribution is 5.67. The van der Waals surface area contributed by atoms with Crippen LogP contribution in [0.15, 0.2) is 24.3 Å². The third-order valence-corrected chi connectivity index (χ3v) is 5.49. The van der Waals surface area contributed by atoms with Crippen LogP contribution in [0.25, 0.3) is 0 Å². The molecule has 0 radical (unpaired) electrons. The third-order valence-electron chi connectivity index (χ3n) is 5.49. The molecule has 0 aromatic heterocycles. The molecule has 4 N–H and O–H groups in total. The number of fused-ring (bicyclic) bond motifs is 4. The van der Waals surface area contributed by atoms with Gasteiger partial charge in [-0.05, 0) is 49.3 Å². The summed E-state index contributed by atoms with van der Waals surface area (Å²) in [4.78, 5) is 11.7. The summed E-state index contributed by atoms with van der Waals surface area (Å²) >= 11 is 0. The average molecular weight is 330 g/mol. The molecule has 0 spiro atoms. The summed E-state index contributed by atoms with van der Waals surface area (Å²) in [5.41, 5.74) is 9.30. The molecule has 1 aliphatic carbocycles. The number of ether oxygens (including phenoxy) is 1. The van der Waals surface area contributed by atoms with E-state index >= 15 is 0 Å². The lowest BCUT2D eigenvalue weighted by atomic mass is 9.77. The molecule has 1 saturated carbocycles. The van der Waals surface area contributed by atoms with Gasteiger partial charge in [-0.3, -0.25) is 5.43 Å². The topological polar surface area (TPSA) is 74.4 Å². The second-order valence-corrected chi connectivity index (χ2v) is 7.10. The van der Waals surface area contributed by atoms with E-state index in [-0.39, 0.29) is 6.09 Å². The van der Waals surface area contributed by atoms with Crippen molar-refractivity contribution in [3.63, 3.8) is 0 Å². The predicted octanol–water partition coefficient (Wildman–Crippen LogP) is 1.59. The molecule has 24 heavy (non-hydrogen) atoms. The highest BCUT2D eigenvalue weighted by Crippen LogP contribution is 2.38. The normalized spacial score (nSPS) is 33.8. The zero-order chi connectivity index (χ0) is 16.4. The van der Waals surface area contributed by atoms with E-state index in [1.807, 2.05) is 6.07 Å². The Balaban J connectivity index is 1.57. The van der Waals surface area contributed by atoms with Crippen molar-refractivity contribution in [2.75, 3.05) is 13.1 Å². The first-order valence-corrected chi connectivity index (χ1v) is 9.03. The van der Waals surface area contributed by atoms with Gasteiger partial charge in [-0.1, -0.05) is 24.3 Å². The molecule has 6 nitrogen and oxygen atoms in total. The Hall–Kier alpha value is -1.63. The molecule has 2 heterocycles. The lowest BCUT2D eigenvalue weighted by molar-refractivity contribution is 0.139. The minimum absolute atomic E-state index is 0.314. The van der Waals surface area contributed by atoms with Gasteiger partial charge in [0.15, 0.2) is 0 Å². The van der Waals surface area contributed by atoms with Crippen LogP contribution in [0.5, 0.6) is 0 Å². The van der Waals surface area contributed by atoms with E-state index in [9.17, 15) is 4.79 Å². The van der Waals surface area contributed by atoms with E-state index in [0.29, 0.717) is 37.2 Å². The van der Waals surface area contributed by atoms with E-state index in [4.69, 9.17) is 4.74 Å². The maximum absolute atomic E-state index is 11.7. The largest absolute Gasteiger partial charge is 0.445 e. The van der Waals surface area contributed by atoms with E-state index in [0.717, 1.165) is 18.5 Å². The molecule has 4 atom stereocenters. The first kappa shape index (κ1) is 15.9. The number of hydrazine groups is 1. The summed E-state index contributed by atoms with van der Waals surface area (Å²) in [7, 11) is 0. The van der Waals surface area contributed by atoms with Gasteiger partial charge >= 0.3 is 6.09 Å². The minimum Gasteiger partial charge on any atom is -0.445 e. The fraction of sp³-hybridized carbons (Fsp3) is 0.611. The fourth-order valence-corrected chi connectivity index (χ4v) is 4.23. The smallest absolute Gasteiger partial charge is 0.407 e. The number of cyclic esters (lactones) is 1. The van der Waals surface area contributed by atoms with Crippen molar-refractivity contribution in [3.8, 4) is 0 Å². The molecule has 4 rings (SSSR count). The number of amides is 1. The van der Waals surface area contributed by atoms with Crippen molar-refractivity contribution in [1.29, 1.82) is 0 Å². The van der Waals surface area contributed by atoms with Gasteiger partial charge in [-0.2, -0.15) is 0 Å². The first-order valence-electron chi connectivity index (χ1n) is 9.03. The van der Waals surface area contributed by atoms with Crippen LogP contribution in [-0.2, 0) is 11.3 Å². The molecule has 6 heteroatoms. The van der Waals surface area contributed by atoms with Gasteiger partial charge in [0.2, 0.25) is 0 Å². The van der Waals surface area contributed by atoms with Crippen LogP contribution in [0.3, 0.4) is 0 Å². The Morgan fingerprint density at radius 2 is 2.08 bits per heavy atom. The van der Waals surface area contributed by atoms with Gasteiger partial charge < -0.3 is 15.4 Å². The molecule has 4 unspecified atom stereocenters. The van der Waals surface area contributed by atoms with E-state index in [1.54, 1.807) is 0 Å². The lowest BCUT2D eigenvalue weighted by Gasteiger charge is -2.34. The quantitative estimate of drug-likeness (QED) is 0.581. The summed E-state index contributed by atoms with van der Waals surface area (Å²) in [5.74, 6) is 0.595. The average Bonchev–Trinajstić information content (AvgIpc) is 3.02. The fourth-order valence-electron chi connectivity index (χ4n) is 4.23. The highest BCUT2D eigenvalue weighted by atomic mass is 16.5. The number of benzene rings is 1. The highest BCUT2D eigenvalue weighted by Gasteiger charge is 2.40. The lowest BCUT2D eigenvalue weighted by Crippen LogP contribution is -2.42. The monoisotopic (exact) mass is 330 g/mol. The summed E-state index contributed by atoms with van der Waals surface area (Å²) in [6, 6.07) is 9.82. The number of carbonyl (C=O) groups excluding carboxylic acids is 1. The van der Waals surface area contributed by atoms with Crippen LogP contribution in [0.2, 0.25) is 0 Å². The van der Waals surface area contributed by atoms with Crippen LogP contribution in [0.4, 0.5) is 4.79 Å². The second-order valence-electron chi connectivity index (χ2n) is 7.10. The summed E-state index contributed by atoms with van der Waals surface area (Å²) in [5, 5.41) is 6.48. The molecular weight excluding hydrogens is 304 g/mol. The maximum Gasteiger partial charge on any atom is 0.407 e. The van der Waals surface area contributed by atoms with Crippen molar-refractivity contribution in [3.05, 3.63) is 35.4 Å². The Labute approximate surface area is 142 Å². The van der Waals surface area contributed by atoms with Gasteiger partial charge in [-0.15, -0.1) is 0 Å². The van der Waals surface area contributed by atoms with Crippen LogP contribution in [0, 0.1) is 5.92 Å². The molecule has 2 aliphatic heterocycles. The molecular formula is C18H26N4O2. The van der Waals surface area contributed by atoms with Crippen molar-refractivity contribution < 1.29 is 9.53 Å². The number of hydrogen-bond donors (Lipinski definition) is 4. The van der Waals surface area contributed by atoms with Crippen molar-refractivity contribution >= 4 is 6.09 Å². The van der Waals surface area contributed by atoms with Gasteiger partial charge in [0.25, 0.3) is 0 Å². The molecule has 1 aromatic rings. The standard InChI is InChI=1S/C18H26N4O2/c23-18-20-8-2-7-19-14-5-6-16-15(10-14)17(22-21-16)13-4-1-3-12(9-13)11-24-18/h1,3-4,9,14-17,19,21-22H,2,5-8,10-11H2,(H,20,23). The molecule has 4 bridgehead atoms. The first-order chi connectivity index (χ1) is 11.8. The summed E-state index contributed by atoms with van der Waals surface area (Å²) in [6.07, 6.45) is 4.17. The summed E-state index contributed by atoms with van der Waals surface area (Å²) in [6.45, 7) is 1.90. The minimum atomic E-state index is -0.338. The Bertz CT molecular complexity index is 594. The van der Waals surface area contributed by atoms with Crippen LogP contribution in [0.1, 0.15) is 42.9 Å². The van der Waals surface area contributed by atoms with E-state index in [1.165, 1.54) is 24.8 Å². The number of rotatable bonds is 0. The van der Waals surface area contributed by atoms with Gasteiger partial charge in [0, 0.05) is 18.6 Å². The summed E-state index contributed by atoms with van der Waals surface area (Å²) < 4.78 is 5.32. The van der Waals surface area contributed by atoms with Gasteiger partial charge in [0.05, 0.1) is 6.04 Å². The maximum atomic E-state index is 11.7.